The van der Waals surface area contributed by atoms with Gasteiger partial charge in [0.25, 0.3) is 0 Å². The van der Waals surface area contributed by atoms with Crippen LogP contribution in [0, 0.1) is 5.41 Å². The van der Waals surface area contributed by atoms with Crippen molar-refractivity contribution in [1.82, 2.24) is 4.90 Å². The van der Waals surface area contributed by atoms with Gasteiger partial charge in [-0.05, 0) is 18.9 Å². The lowest BCUT2D eigenvalue weighted by Gasteiger charge is -2.23. The number of amidine groups is 1. The number of hydrogen-bond donors (Lipinski definition) is 1. The molecule has 1 aromatic carbocycles. The second-order valence-electron chi connectivity index (χ2n) is 3.70. The molecule has 0 aliphatic rings. The van der Waals surface area contributed by atoms with Crippen molar-refractivity contribution in [2.24, 2.45) is 0 Å². The first-order valence-electron chi connectivity index (χ1n) is 5.64. The predicted octanol–water partition coefficient (Wildman–Crippen LogP) is 3.29. The maximum absolute atomic E-state index is 7.92. The first kappa shape index (κ1) is 11.8. The summed E-state index contributed by atoms with van der Waals surface area (Å²) in [4.78, 5) is 2.12. The second-order valence-corrected chi connectivity index (χ2v) is 3.70. The van der Waals surface area contributed by atoms with Gasteiger partial charge in [-0.2, -0.15) is 0 Å². The maximum Gasteiger partial charge on any atom is 0.0960 e. The van der Waals surface area contributed by atoms with Crippen molar-refractivity contribution in [3.63, 3.8) is 0 Å². The third-order valence-electron chi connectivity index (χ3n) is 2.47. The van der Waals surface area contributed by atoms with Crippen molar-refractivity contribution in [1.29, 1.82) is 5.41 Å². The summed E-state index contributed by atoms with van der Waals surface area (Å²) in [6.07, 6.45) is 1.92. The summed E-state index contributed by atoms with van der Waals surface area (Å²) < 4.78 is 0. The molecule has 0 amide bonds. The molecule has 0 atom stereocenters. The van der Waals surface area contributed by atoms with E-state index in [2.05, 4.69) is 30.9 Å². The molecule has 0 saturated heterocycles. The molecule has 82 valence electrons. The van der Waals surface area contributed by atoms with Gasteiger partial charge in [-0.25, -0.2) is 0 Å². The highest BCUT2D eigenvalue weighted by Gasteiger charge is 2.06. The Balaban J connectivity index is 2.58. The van der Waals surface area contributed by atoms with E-state index in [0.717, 1.165) is 31.8 Å². The van der Waals surface area contributed by atoms with Crippen LogP contribution in [0.3, 0.4) is 0 Å². The molecule has 0 radical (unpaired) electrons. The fourth-order valence-corrected chi connectivity index (χ4v) is 1.60. The molecule has 0 aromatic heterocycles. The van der Waals surface area contributed by atoms with Gasteiger partial charge in [-0.15, -0.1) is 0 Å². The summed E-state index contributed by atoms with van der Waals surface area (Å²) >= 11 is 0. The fraction of sp³-hybridized carbons (Fsp3) is 0.462. The van der Waals surface area contributed by atoms with Crippen LogP contribution >= 0.6 is 0 Å². The number of nitrogens with one attached hydrogen (secondary N) is 1. The Hall–Kier alpha value is -1.31. The SMILES string of the molecule is CCCC(=N)N(CC)Cc1ccccc1. The molecule has 1 rings (SSSR count). The van der Waals surface area contributed by atoms with Gasteiger partial charge in [0.15, 0.2) is 0 Å². The zero-order valence-corrected chi connectivity index (χ0v) is 9.66. The van der Waals surface area contributed by atoms with Gasteiger partial charge in [0.2, 0.25) is 0 Å². The van der Waals surface area contributed by atoms with Crippen molar-refractivity contribution in [2.45, 2.75) is 33.2 Å². The van der Waals surface area contributed by atoms with E-state index in [-0.39, 0.29) is 0 Å². The Morgan fingerprint density at radius 2 is 1.87 bits per heavy atom. The minimum atomic E-state index is 0.754. The van der Waals surface area contributed by atoms with E-state index in [1.54, 1.807) is 0 Å². The highest BCUT2D eigenvalue weighted by molar-refractivity contribution is 5.78. The highest BCUT2D eigenvalue weighted by Crippen LogP contribution is 2.06. The molecule has 0 bridgehead atoms. The highest BCUT2D eigenvalue weighted by atomic mass is 15.2. The molecule has 0 saturated carbocycles. The molecule has 0 aliphatic carbocycles. The first-order valence-corrected chi connectivity index (χ1v) is 5.64. The van der Waals surface area contributed by atoms with Gasteiger partial charge < -0.3 is 4.90 Å². The lowest BCUT2D eigenvalue weighted by molar-refractivity contribution is 0.422. The van der Waals surface area contributed by atoms with Crippen LogP contribution in [-0.4, -0.2) is 17.3 Å². The van der Waals surface area contributed by atoms with Gasteiger partial charge in [0, 0.05) is 19.5 Å². The van der Waals surface area contributed by atoms with Crippen LogP contribution in [0.5, 0.6) is 0 Å². The summed E-state index contributed by atoms with van der Waals surface area (Å²) in [5.41, 5.74) is 1.28. The normalized spacial score (nSPS) is 10.0. The van der Waals surface area contributed by atoms with Gasteiger partial charge in [0.1, 0.15) is 0 Å². The first-order chi connectivity index (χ1) is 7.27. The second kappa shape index (κ2) is 6.23. The van der Waals surface area contributed by atoms with Gasteiger partial charge in [0.05, 0.1) is 5.84 Å². The van der Waals surface area contributed by atoms with Crippen molar-refractivity contribution < 1.29 is 0 Å². The largest absolute Gasteiger partial charge is 0.357 e. The maximum atomic E-state index is 7.92. The molecular formula is C13H20N2. The van der Waals surface area contributed by atoms with Crippen LogP contribution in [0.25, 0.3) is 0 Å². The lowest BCUT2D eigenvalue weighted by Crippen LogP contribution is -2.29. The zero-order chi connectivity index (χ0) is 11.1. The average Bonchev–Trinajstić information content (AvgIpc) is 2.27. The van der Waals surface area contributed by atoms with Crippen LogP contribution in [0.15, 0.2) is 30.3 Å². The minimum Gasteiger partial charge on any atom is -0.357 e. The Kier molecular flexibility index (Phi) is 4.88. The molecule has 1 N–H and O–H groups in total. The Morgan fingerprint density at radius 1 is 1.20 bits per heavy atom. The summed E-state index contributed by atoms with van der Waals surface area (Å²) in [6.45, 7) is 5.99. The van der Waals surface area contributed by atoms with Gasteiger partial charge >= 0.3 is 0 Å². The molecule has 2 nitrogen and oxygen atoms in total. The van der Waals surface area contributed by atoms with Crippen LogP contribution in [0.2, 0.25) is 0 Å². The molecule has 1 aromatic rings. The summed E-state index contributed by atoms with van der Waals surface area (Å²) in [6, 6.07) is 10.3. The van der Waals surface area contributed by atoms with E-state index in [1.165, 1.54) is 5.56 Å². The quantitative estimate of drug-likeness (QED) is 0.578. The third kappa shape index (κ3) is 3.74. The number of rotatable bonds is 5. The number of benzene rings is 1. The Bertz CT molecular complexity index is 293. The summed E-state index contributed by atoms with van der Waals surface area (Å²) in [5.74, 6) is 0.754. The van der Waals surface area contributed by atoms with Crippen molar-refractivity contribution in [3.05, 3.63) is 35.9 Å². The van der Waals surface area contributed by atoms with E-state index < -0.39 is 0 Å². The summed E-state index contributed by atoms with van der Waals surface area (Å²) in [5, 5.41) is 7.92. The standard InChI is InChI=1S/C13H20N2/c1-3-8-13(14)15(4-2)11-12-9-6-5-7-10-12/h5-7,9-10,14H,3-4,8,11H2,1-2H3. The van der Waals surface area contributed by atoms with E-state index >= 15 is 0 Å². The molecular weight excluding hydrogens is 184 g/mol. The number of nitrogens with zero attached hydrogens (tertiary/aromatic N) is 1. The average molecular weight is 204 g/mol. The third-order valence-corrected chi connectivity index (χ3v) is 2.47. The van der Waals surface area contributed by atoms with E-state index in [0.29, 0.717) is 0 Å². The predicted molar refractivity (Wildman–Crippen MR) is 65.2 cm³/mol. The Morgan fingerprint density at radius 3 is 2.40 bits per heavy atom. The van der Waals surface area contributed by atoms with Crippen LogP contribution in [0.1, 0.15) is 32.3 Å². The molecule has 0 aliphatic heterocycles. The van der Waals surface area contributed by atoms with Crippen LogP contribution < -0.4 is 0 Å². The van der Waals surface area contributed by atoms with Crippen LogP contribution in [0.4, 0.5) is 0 Å². The molecule has 2 heteroatoms. The molecule has 15 heavy (non-hydrogen) atoms. The van der Waals surface area contributed by atoms with E-state index in [9.17, 15) is 0 Å². The molecule has 0 spiro atoms. The zero-order valence-electron chi connectivity index (χ0n) is 9.66. The van der Waals surface area contributed by atoms with E-state index in [4.69, 9.17) is 5.41 Å². The fourth-order valence-electron chi connectivity index (χ4n) is 1.60. The molecule has 0 heterocycles. The molecule has 0 fully saturated rings. The van der Waals surface area contributed by atoms with Crippen molar-refractivity contribution in [3.8, 4) is 0 Å². The summed E-state index contributed by atoms with van der Waals surface area (Å²) in [7, 11) is 0. The van der Waals surface area contributed by atoms with Crippen molar-refractivity contribution >= 4 is 5.84 Å². The smallest absolute Gasteiger partial charge is 0.0960 e. The van der Waals surface area contributed by atoms with Gasteiger partial charge in [-0.3, -0.25) is 5.41 Å². The van der Waals surface area contributed by atoms with Crippen molar-refractivity contribution in [2.75, 3.05) is 6.54 Å². The lowest BCUT2D eigenvalue weighted by atomic mass is 10.2. The topological polar surface area (TPSA) is 27.1 Å². The van der Waals surface area contributed by atoms with Gasteiger partial charge in [-0.1, -0.05) is 37.3 Å². The Labute approximate surface area is 92.4 Å². The monoisotopic (exact) mass is 204 g/mol. The number of hydrogen-bond acceptors (Lipinski definition) is 1. The van der Waals surface area contributed by atoms with E-state index in [1.807, 2.05) is 18.2 Å². The minimum absolute atomic E-state index is 0.754. The van der Waals surface area contributed by atoms with Crippen LogP contribution in [-0.2, 0) is 6.54 Å². The molecule has 0 unspecified atom stereocenters.